The lowest BCUT2D eigenvalue weighted by Gasteiger charge is -2.40. The SMILES string of the molecule is Cc1cccc(CN(C)C2(CN)CCOC2C)n1. The highest BCUT2D eigenvalue weighted by molar-refractivity contribution is 5.11. The van der Waals surface area contributed by atoms with E-state index in [0.717, 1.165) is 31.0 Å². The van der Waals surface area contributed by atoms with Gasteiger partial charge in [-0.15, -0.1) is 0 Å². The summed E-state index contributed by atoms with van der Waals surface area (Å²) in [6.45, 7) is 6.36. The van der Waals surface area contributed by atoms with Crippen molar-refractivity contribution in [3.63, 3.8) is 0 Å². The summed E-state index contributed by atoms with van der Waals surface area (Å²) >= 11 is 0. The zero-order chi connectivity index (χ0) is 13.2. The Bertz CT molecular complexity index is 410. The van der Waals surface area contributed by atoms with Gasteiger partial charge in [-0.1, -0.05) is 6.07 Å². The van der Waals surface area contributed by atoms with E-state index in [1.807, 2.05) is 13.0 Å². The van der Waals surface area contributed by atoms with Crippen LogP contribution in [0, 0.1) is 6.92 Å². The molecule has 0 bridgehead atoms. The number of pyridine rings is 1. The van der Waals surface area contributed by atoms with E-state index in [2.05, 4.69) is 36.0 Å². The summed E-state index contributed by atoms with van der Waals surface area (Å²) in [4.78, 5) is 6.85. The lowest BCUT2D eigenvalue weighted by molar-refractivity contribution is 0.0239. The maximum absolute atomic E-state index is 6.00. The van der Waals surface area contributed by atoms with Crippen molar-refractivity contribution in [2.24, 2.45) is 5.73 Å². The number of hydrogen-bond acceptors (Lipinski definition) is 4. The van der Waals surface area contributed by atoms with Gasteiger partial charge in [0.25, 0.3) is 0 Å². The molecule has 2 atom stereocenters. The smallest absolute Gasteiger partial charge is 0.0743 e. The number of nitrogens with zero attached hydrogens (tertiary/aromatic N) is 2. The van der Waals surface area contributed by atoms with Crippen LogP contribution < -0.4 is 5.73 Å². The lowest BCUT2D eigenvalue weighted by atomic mass is 9.90. The van der Waals surface area contributed by atoms with Crippen molar-refractivity contribution in [3.8, 4) is 0 Å². The fourth-order valence-corrected chi connectivity index (χ4v) is 2.78. The fraction of sp³-hybridized carbons (Fsp3) is 0.643. The van der Waals surface area contributed by atoms with Gasteiger partial charge in [-0.05, 0) is 39.4 Å². The molecule has 2 heterocycles. The van der Waals surface area contributed by atoms with Crippen LogP contribution in [0.1, 0.15) is 24.7 Å². The third-order valence-corrected chi connectivity index (χ3v) is 4.12. The van der Waals surface area contributed by atoms with Gasteiger partial charge in [0.2, 0.25) is 0 Å². The number of hydrogen-bond donors (Lipinski definition) is 1. The van der Waals surface area contributed by atoms with Crippen LogP contribution in [-0.4, -0.2) is 41.7 Å². The largest absolute Gasteiger partial charge is 0.376 e. The Labute approximate surface area is 109 Å². The third kappa shape index (κ3) is 2.41. The van der Waals surface area contributed by atoms with E-state index in [1.54, 1.807) is 0 Å². The predicted octanol–water partition coefficient (Wildman–Crippen LogP) is 1.33. The van der Waals surface area contributed by atoms with Gasteiger partial charge in [0, 0.05) is 25.4 Å². The van der Waals surface area contributed by atoms with Crippen molar-refractivity contribution in [1.29, 1.82) is 0 Å². The molecule has 0 spiro atoms. The zero-order valence-electron chi connectivity index (χ0n) is 11.5. The molecule has 2 rings (SSSR count). The van der Waals surface area contributed by atoms with Gasteiger partial charge >= 0.3 is 0 Å². The first-order valence-corrected chi connectivity index (χ1v) is 6.54. The van der Waals surface area contributed by atoms with Crippen LogP contribution >= 0.6 is 0 Å². The van der Waals surface area contributed by atoms with Gasteiger partial charge in [0.15, 0.2) is 0 Å². The Morgan fingerprint density at radius 1 is 1.56 bits per heavy atom. The maximum atomic E-state index is 6.00. The maximum Gasteiger partial charge on any atom is 0.0743 e. The molecule has 0 amide bonds. The molecule has 1 fully saturated rings. The first kappa shape index (κ1) is 13.5. The van der Waals surface area contributed by atoms with Crippen molar-refractivity contribution >= 4 is 0 Å². The topological polar surface area (TPSA) is 51.4 Å². The molecular formula is C14H23N3O. The first-order valence-electron chi connectivity index (χ1n) is 6.54. The van der Waals surface area contributed by atoms with E-state index in [4.69, 9.17) is 10.5 Å². The second-order valence-electron chi connectivity index (χ2n) is 5.20. The van der Waals surface area contributed by atoms with Gasteiger partial charge in [-0.2, -0.15) is 0 Å². The second-order valence-corrected chi connectivity index (χ2v) is 5.20. The number of likely N-dealkylation sites (N-methyl/N-ethyl adjacent to an activating group) is 1. The predicted molar refractivity (Wildman–Crippen MR) is 72.3 cm³/mol. The molecule has 0 aliphatic carbocycles. The normalized spacial score (nSPS) is 27.9. The summed E-state index contributed by atoms with van der Waals surface area (Å²) in [6.07, 6.45) is 1.17. The van der Waals surface area contributed by atoms with E-state index in [1.165, 1.54) is 0 Å². The Kier molecular flexibility index (Phi) is 4.00. The minimum atomic E-state index is -0.0502. The molecule has 1 aliphatic rings. The number of nitrogens with two attached hydrogens (primary N) is 1. The van der Waals surface area contributed by atoms with Crippen molar-refractivity contribution < 1.29 is 4.74 Å². The molecule has 0 aromatic carbocycles. The summed E-state index contributed by atoms with van der Waals surface area (Å²) in [7, 11) is 2.11. The Morgan fingerprint density at radius 3 is 2.89 bits per heavy atom. The molecule has 1 aromatic heterocycles. The van der Waals surface area contributed by atoms with Crippen LogP contribution in [0.4, 0.5) is 0 Å². The van der Waals surface area contributed by atoms with Crippen LogP contribution in [0.2, 0.25) is 0 Å². The second kappa shape index (κ2) is 5.34. The van der Waals surface area contributed by atoms with E-state index in [0.29, 0.717) is 6.54 Å². The summed E-state index contributed by atoms with van der Waals surface area (Å²) in [5.74, 6) is 0. The quantitative estimate of drug-likeness (QED) is 0.874. The van der Waals surface area contributed by atoms with Crippen LogP contribution in [0.15, 0.2) is 18.2 Å². The highest BCUT2D eigenvalue weighted by atomic mass is 16.5. The van der Waals surface area contributed by atoms with E-state index < -0.39 is 0 Å². The summed E-state index contributed by atoms with van der Waals surface area (Å²) < 4.78 is 5.70. The van der Waals surface area contributed by atoms with Gasteiger partial charge in [-0.25, -0.2) is 0 Å². The highest BCUT2D eigenvalue weighted by Crippen LogP contribution is 2.31. The molecule has 0 saturated carbocycles. The van der Waals surface area contributed by atoms with Crippen LogP contribution in [0.5, 0.6) is 0 Å². The summed E-state index contributed by atoms with van der Waals surface area (Å²) in [5.41, 5.74) is 8.09. The molecule has 1 aromatic rings. The highest BCUT2D eigenvalue weighted by Gasteiger charge is 2.43. The average Bonchev–Trinajstić information content (AvgIpc) is 2.71. The van der Waals surface area contributed by atoms with Gasteiger partial charge in [0.05, 0.1) is 17.3 Å². The third-order valence-electron chi connectivity index (χ3n) is 4.12. The van der Waals surface area contributed by atoms with Gasteiger partial charge in [-0.3, -0.25) is 9.88 Å². The van der Waals surface area contributed by atoms with E-state index >= 15 is 0 Å². The first-order chi connectivity index (χ1) is 8.58. The number of aryl methyl sites for hydroxylation is 1. The summed E-state index contributed by atoms with van der Waals surface area (Å²) in [6, 6.07) is 6.13. The average molecular weight is 249 g/mol. The molecule has 18 heavy (non-hydrogen) atoms. The zero-order valence-corrected chi connectivity index (χ0v) is 11.5. The minimum absolute atomic E-state index is 0.0502. The van der Waals surface area contributed by atoms with Gasteiger partial charge < -0.3 is 10.5 Å². The minimum Gasteiger partial charge on any atom is -0.376 e. The van der Waals surface area contributed by atoms with Crippen molar-refractivity contribution in [1.82, 2.24) is 9.88 Å². The van der Waals surface area contributed by atoms with Crippen molar-refractivity contribution in [2.75, 3.05) is 20.2 Å². The van der Waals surface area contributed by atoms with Crippen LogP contribution in [0.3, 0.4) is 0 Å². The molecule has 0 radical (unpaired) electrons. The van der Waals surface area contributed by atoms with E-state index in [-0.39, 0.29) is 11.6 Å². The lowest BCUT2D eigenvalue weighted by Crippen LogP contribution is -2.56. The number of aromatic nitrogens is 1. The Balaban J connectivity index is 2.13. The molecule has 2 unspecified atom stereocenters. The number of rotatable bonds is 4. The molecular weight excluding hydrogens is 226 g/mol. The molecule has 4 heteroatoms. The van der Waals surface area contributed by atoms with Crippen LogP contribution in [-0.2, 0) is 11.3 Å². The molecule has 4 nitrogen and oxygen atoms in total. The van der Waals surface area contributed by atoms with Gasteiger partial charge in [0.1, 0.15) is 0 Å². The molecule has 2 N–H and O–H groups in total. The summed E-state index contributed by atoms with van der Waals surface area (Å²) in [5, 5.41) is 0. The monoisotopic (exact) mass is 249 g/mol. The molecule has 1 saturated heterocycles. The Hall–Kier alpha value is -0.970. The van der Waals surface area contributed by atoms with Crippen LogP contribution in [0.25, 0.3) is 0 Å². The number of ether oxygens (including phenoxy) is 1. The van der Waals surface area contributed by atoms with Crippen molar-refractivity contribution in [2.45, 2.75) is 38.5 Å². The standard InChI is InChI=1S/C14H23N3O/c1-11-5-4-6-13(16-11)9-17(3)14(10-15)7-8-18-12(14)2/h4-6,12H,7-10,15H2,1-3H3. The molecule has 100 valence electrons. The fourth-order valence-electron chi connectivity index (χ4n) is 2.78. The van der Waals surface area contributed by atoms with Crippen molar-refractivity contribution in [3.05, 3.63) is 29.6 Å². The van der Waals surface area contributed by atoms with E-state index in [9.17, 15) is 0 Å². The Morgan fingerprint density at radius 2 is 2.33 bits per heavy atom. The molecule has 1 aliphatic heterocycles.